The Kier molecular flexibility index (Phi) is 6.09. The SMILES string of the molecule is CCC(C)NCc1ccc(OCc2cccc(Cl)c2)cc1. The van der Waals surface area contributed by atoms with E-state index < -0.39 is 0 Å². The summed E-state index contributed by atoms with van der Waals surface area (Å²) in [6.45, 7) is 5.81. The Morgan fingerprint density at radius 3 is 2.52 bits per heavy atom. The first-order chi connectivity index (χ1) is 10.2. The number of nitrogens with one attached hydrogen (secondary N) is 1. The molecule has 0 fully saturated rings. The molecule has 0 aromatic heterocycles. The van der Waals surface area contributed by atoms with Crippen LogP contribution in [0.1, 0.15) is 31.4 Å². The molecule has 2 aromatic carbocycles. The fourth-order valence-electron chi connectivity index (χ4n) is 1.93. The number of rotatable bonds is 7. The number of ether oxygens (including phenoxy) is 1. The number of halogens is 1. The van der Waals surface area contributed by atoms with E-state index in [2.05, 4.69) is 31.3 Å². The average molecular weight is 304 g/mol. The van der Waals surface area contributed by atoms with E-state index in [1.165, 1.54) is 5.56 Å². The molecule has 2 aromatic rings. The van der Waals surface area contributed by atoms with Crippen molar-refractivity contribution in [2.75, 3.05) is 0 Å². The first-order valence-electron chi connectivity index (χ1n) is 7.37. The maximum absolute atomic E-state index is 5.96. The van der Waals surface area contributed by atoms with Crippen LogP contribution < -0.4 is 10.1 Å². The third-order valence-corrected chi connectivity index (χ3v) is 3.72. The lowest BCUT2D eigenvalue weighted by Crippen LogP contribution is -2.24. The Morgan fingerprint density at radius 2 is 1.86 bits per heavy atom. The van der Waals surface area contributed by atoms with Crippen molar-refractivity contribution in [2.45, 2.75) is 39.5 Å². The number of hydrogen-bond donors (Lipinski definition) is 1. The molecule has 0 saturated heterocycles. The number of benzene rings is 2. The zero-order valence-corrected chi connectivity index (χ0v) is 13.4. The minimum atomic E-state index is 0.533. The van der Waals surface area contributed by atoms with Crippen molar-refractivity contribution in [2.24, 2.45) is 0 Å². The van der Waals surface area contributed by atoms with E-state index in [1.807, 2.05) is 36.4 Å². The van der Waals surface area contributed by atoms with Crippen molar-refractivity contribution >= 4 is 11.6 Å². The molecule has 0 heterocycles. The fourth-order valence-corrected chi connectivity index (χ4v) is 2.15. The second-order valence-corrected chi connectivity index (χ2v) is 5.69. The van der Waals surface area contributed by atoms with Crippen molar-refractivity contribution in [3.05, 3.63) is 64.7 Å². The van der Waals surface area contributed by atoms with Crippen molar-refractivity contribution in [3.63, 3.8) is 0 Å². The second-order valence-electron chi connectivity index (χ2n) is 5.25. The molecule has 0 aliphatic carbocycles. The summed E-state index contributed by atoms with van der Waals surface area (Å²) in [5.41, 5.74) is 2.34. The summed E-state index contributed by atoms with van der Waals surface area (Å²) in [4.78, 5) is 0. The van der Waals surface area contributed by atoms with Gasteiger partial charge < -0.3 is 10.1 Å². The monoisotopic (exact) mass is 303 g/mol. The van der Waals surface area contributed by atoms with Crippen LogP contribution in [-0.4, -0.2) is 6.04 Å². The molecule has 0 saturated carbocycles. The number of hydrogen-bond acceptors (Lipinski definition) is 2. The first-order valence-corrected chi connectivity index (χ1v) is 7.74. The van der Waals surface area contributed by atoms with Gasteiger partial charge in [-0.3, -0.25) is 0 Å². The Balaban J connectivity index is 1.85. The van der Waals surface area contributed by atoms with E-state index in [0.29, 0.717) is 12.6 Å². The Morgan fingerprint density at radius 1 is 1.10 bits per heavy atom. The van der Waals surface area contributed by atoms with E-state index in [0.717, 1.165) is 29.3 Å². The standard InChI is InChI=1S/C18H22ClNO/c1-3-14(2)20-12-15-7-9-18(10-8-15)21-13-16-5-4-6-17(19)11-16/h4-11,14,20H,3,12-13H2,1-2H3. The van der Waals surface area contributed by atoms with Crippen LogP contribution in [0.2, 0.25) is 5.02 Å². The van der Waals surface area contributed by atoms with Gasteiger partial charge in [-0.25, -0.2) is 0 Å². The van der Waals surface area contributed by atoms with Crippen molar-refractivity contribution in [3.8, 4) is 5.75 Å². The molecule has 0 amide bonds. The lowest BCUT2D eigenvalue weighted by molar-refractivity contribution is 0.306. The summed E-state index contributed by atoms with van der Waals surface area (Å²) in [6, 6.07) is 16.5. The third-order valence-electron chi connectivity index (χ3n) is 3.48. The van der Waals surface area contributed by atoms with E-state index in [4.69, 9.17) is 16.3 Å². The summed E-state index contributed by atoms with van der Waals surface area (Å²) in [6.07, 6.45) is 1.14. The Bertz CT molecular complexity index is 553. The normalized spacial score (nSPS) is 12.1. The van der Waals surface area contributed by atoms with Gasteiger partial charge in [-0.2, -0.15) is 0 Å². The van der Waals surface area contributed by atoms with Crippen LogP contribution in [0.15, 0.2) is 48.5 Å². The average Bonchev–Trinajstić information content (AvgIpc) is 2.51. The van der Waals surface area contributed by atoms with Crippen LogP contribution in [0.3, 0.4) is 0 Å². The topological polar surface area (TPSA) is 21.3 Å². The van der Waals surface area contributed by atoms with Crippen LogP contribution >= 0.6 is 11.6 Å². The minimum absolute atomic E-state index is 0.533. The van der Waals surface area contributed by atoms with Crippen LogP contribution in [0, 0.1) is 0 Å². The van der Waals surface area contributed by atoms with Crippen LogP contribution in [-0.2, 0) is 13.2 Å². The van der Waals surface area contributed by atoms with Crippen LogP contribution in [0.5, 0.6) is 5.75 Å². The van der Waals surface area contributed by atoms with E-state index >= 15 is 0 Å². The molecule has 2 rings (SSSR count). The second kappa shape index (κ2) is 8.06. The van der Waals surface area contributed by atoms with Crippen molar-refractivity contribution < 1.29 is 4.74 Å². The molecule has 0 bridgehead atoms. The van der Waals surface area contributed by atoms with Gasteiger partial charge in [0.1, 0.15) is 12.4 Å². The van der Waals surface area contributed by atoms with E-state index in [9.17, 15) is 0 Å². The van der Waals surface area contributed by atoms with Gasteiger partial charge in [0.05, 0.1) is 0 Å². The molecule has 3 heteroatoms. The molecule has 0 aliphatic rings. The molecule has 1 atom stereocenters. The predicted octanol–water partition coefficient (Wildman–Crippen LogP) is 4.81. The molecule has 21 heavy (non-hydrogen) atoms. The molecule has 1 N–H and O–H groups in total. The maximum atomic E-state index is 5.96. The highest BCUT2D eigenvalue weighted by Gasteiger charge is 2.00. The Hall–Kier alpha value is -1.51. The van der Waals surface area contributed by atoms with Gasteiger partial charge in [-0.05, 0) is 48.7 Å². The fraction of sp³-hybridized carbons (Fsp3) is 0.333. The first kappa shape index (κ1) is 15.9. The largest absolute Gasteiger partial charge is 0.489 e. The summed E-state index contributed by atoms with van der Waals surface area (Å²) >= 11 is 5.96. The highest BCUT2D eigenvalue weighted by atomic mass is 35.5. The molecular weight excluding hydrogens is 282 g/mol. The zero-order valence-electron chi connectivity index (χ0n) is 12.6. The highest BCUT2D eigenvalue weighted by molar-refractivity contribution is 6.30. The van der Waals surface area contributed by atoms with Gasteiger partial charge in [0.25, 0.3) is 0 Å². The summed E-state index contributed by atoms with van der Waals surface area (Å²) in [7, 11) is 0. The van der Waals surface area contributed by atoms with Gasteiger partial charge >= 0.3 is 0 Å². The van der Waals surface area contributed by atoms with Gasteiger partial charge in [0, 0.05) is 17.6 Å². The predicted molar refractivity (Wildman–Crippen MR) is 88.8 cm³/mol. The summed E-state index contributed by atoms with van der Waals surface area (Å²) in [5.74, 6) is 0.877. The van der Waals surface area contributed by atoms with Crippen LogP contribution in [0.4, 0.5) is 0 Å². The third kappa shape index (κ3) is 5.41. The van der Waals surface area contributed by atoms with Gasteiger partial charge in [-0.15, -0.1) is 0 Å². The van der Waals surface area contributed by atoms with Crippen LogP contribution in [0.25, 0.3) is 0 Å². The quantitative estimate of drug-likeness (QED) is 0.793. The van der Waals surface area contributed by atoms with E-state index in [-0.39, 0.29) is 0 Å². The molecule has 0 aliphatic heterocycles. The summed E-state index contributed by atoms with van der Waals surface area (Å²) in [5, 5.41) is 4.22. The van der Waals surface area contributed by atoms with Crippen molar-refractivity contribution in [1.29, 1.82) is 0 Å². The lowest BCUT2D eigenvalue weighted by atomic mass is 10.2. The Labute approximate surface area is 132 Å². The van der Waals surface area contributed by atoms with Gasteiger partial charge in [0.15, 0.2) is 0 Å². The molecule has 2 nitrogen and oxygen atoms in total. The molecule has 112 valence electrons. The summed E-state index contributed by atoms with van der Waals surface area (Å²) < 4.78 is 5.77. The molecule has 1 unspecified atom stereocenters. The highest BCUT2D eigenvalue weighted by Crippen LogP contribution is 2.16. The lowest BCUT2D eigenvalue weighted by Gasteiger charge is -2.12. The zero-order chi connectivity index (χ0) is 15.1. The van der Waals surface area contributed by atoms with Gasteiger partial charge in [-0.1, -0.05) is 42.8 Å². The van der Waals surface area contributed by atoms with Crippen molar-refractivity contribution in [1.82, 2.24) is 5.32 Å². The molecule has 0 spiro atoms. The maximum Gasteiger partial charge on any atom is 0.119 e. The van der Waals surface area contributed by atoms with Gasteiger partial charge in [0.2, 0.25) is 0 Å². The van der Waals surface area contributed by atoms with E-state index in [1.54, 1.807) is 0 Å². The molecule has 0 radical (unpaired) electrons. The smallest absolute Gasteiger partial charge is 0.119 e. The minimum Gasteiger partial charge on any atom is -0.489 e. The molecular formula is C18H22ClNO.